The summed E-state index contributed by atoms with van der Waals surface area (Å²) in [4.78, 5) is 30.1. The smallest absolute Gasteiger partial charge is 0.475 e. The molecule has 0 saturated carbocycles. The number of piperazine rings is 1. The molecule has 1 aromatic carbocycles. The number of halogens is 4. The van der Waals surface area contributed by atoms with Gasteiger partial charge in [0.1, 0.15) is 11.6 Å². The van der Waals surface area contributed by atoms with Crippen LogP contribution in [0.2, 0.25) is 0 Å². The fourth-order valence-corrected chi connectivity index (χ4v) is 4.34. The summed E-state index contributed by atoms with van der Waals surface area (Å²) in [6.45, 7) is 7.79. The van der Waals surface area contributed by atoms with Gasteiger partial charge >= 0.3 is 12.1 Å². The van der Waals surface area contributed by atoms with Gasteiger partial charge in [0, 0.05) is 39.3 Å². The van der Waals surface area contributed by atoms with Gasteiger partial charge < -0.3 is 20.2 Å². The van der Waals surface area contributed by atoms with E-state index in [0.29, 0.717) is 37.6 Å². The summed E-state index contributed by atoms with van der Waals surface area (Å²) in [5, 5.41) is 10.4. The number of carboxylic acids is 1. The van der Waals surface area contributed by atoms with Crippen LogP contribution in [-0.4, -0.2) is 80.7 Å². The van der Waals surface area contributed by atoms with Crippen molar-refractivity contribution in [2.75, 3.05) is 48.9 Å². The second-order valence-corrected chi connectivity index (χ2v) is 9.35. The summed E-state index contributed by atoms with van der Waals surface area (Å²) >= 11 is 0. The van der Waals surface area contributed by atoms with E-state index < -0.39 is 28.0 Å². The number of carbonyl (C=O) groups is 2. The Morgan fingerprint density at radius 3 is 2.16 bits per heavy atom. The molecular weight excluding hydrogens is 522 g/mol. The predicted molar refractivity (Wildman–Crippen MR) is 127 cm³/mol. The minimum atomic E-state index is -5.08. The van der Waals surface area contributed by atoms with Crippen molar-refractivity contribution >= 4 is 33.4 Å². The molecule has 0 aliphatic carbocycles. The number of hydrogen-bond acceptors (Lipinski definition) is 7. The summed E-state index contributed by atoms with van der Waals surface area (Å²) < 4.78 is 72.6. The van der Waals surface area contributed by atoms with Gasteiger partial charge in [0.2, 0.25) is 0 Å². The minimum Gasteiger partial charge on any atom is -0.475 e. The molecule has 1 saturated heterocycles. The lowest BCUT2D eigenvalue weighted by Gasteiger charge is -2.31. The van der Waals surface area contributed by atoms with Gasteiger partial charge in [-0.15, -0.1) is 0 Å². The first-order valence-corrected chi connectivity index (χ1v) is 12.6. The molecule has 0 unspecified atom stereocenters. The molecule has 3 N–H and O–H groups in total. The third-order valence-electron chi connectivity index (χ3n) is 5.18. The molecule has 1 aliphatic rings. The minimum absolute atomic E-state index is 0.0771. The Morgan fingerprint density at radius 2 is 1.68 bits per heavy atom. The van der Waals surface area contributed by atoms with E-state index in [4.69, 9.17) is 9.90 Å². The lowest BCUT2D eigenvalue weighted by atomic mass is 10.1. The molecule has 37 heavy (non-hydrogen) atoms. The van der Waals surface area contributed by atoms with Gasteiger partial charge in [-0.2, -0.15) is 13.2 Å². The number of anilines is 2. The Labute approximate surface area is 211 Å². The maximum Gasteiger partial charge on any atom is 0.490 e. The van der Waals surface area contributed by atoms with Crippen LogP contribution in [0, 0.1) is 5.82 Å². The topological polar surface area (TPSA) is 132 Å². The number of carbonyl (C=O) groups excluding carboxylic acids is 1. The quantitative estimate of drug-likeness (QED) is 0.449. The average Bonchev–Trinajstić information content (AvgIpc) is 2.85. The molecule has 2 aromatic rings. The first-order chi connectivity index (χ1) is 17.3. The number of nitrogens with zero attached hydrogens (tertiary/aromatic N) is 3. The molecule has 0 atom stereocenters. The number of benzene rings is 1. The van der Waals surface area contributed by atoms with Crippen molar-refractivity contribution in [1.82, 2.24) is 15.2 Å². The Bertz CT molecular complexity index is 1180. The number of rotatable bonds is 7. The Hall–Kier alpha value is -3.46. The van der Waals surface area contributed by atoms with Crippen molar-refractivity contribution in [3.63, 3.8) is 0 Å². The monoisotopic (exact) mass is 549 g/mol. The molecular formula is C22H27F4N5O5S. The lowest BCUT2D eigenvalue weighted by Crippen LogP contribution is -2.45. The molecule has 2 heterocycles. The Morgan fingerprint density at radius 1 is 1.14 bits per heavy atom. The molecule has 1 fully saturated rings. The van der Waals surface area contributed by atoms with Crippen molar-refractivity contribution in [1.29, 1.82) is 0 Å². The largest absolute Gasteiger partial charge is 0.490 e. The van der Waals surface area contributed by atoms with Gasteiger partial charge in [0.25, 0.3) is 15.9 Å². The number of hydrogen-bond donors (Lipinski definition) is 3. The fraction of sp³-hybridized carbons (Fsp3) is 0.409. The standard InChI is InChI=1S/C20H26FN5O3S.C2HF3O2/c1-3-25(4-2)20(27)18-13-16(14-23-19(18)26-11-9-22-10-12-26)24-30(28,29)17-7-5-15(21)6-8-17;3-2(4,5)1(6)7/h5-8,13-14,22,24H,3-4,9-12H2,1-2H3;(H,6,7). The number of pyridine rings is 1. The second-order valence-electron chi connectivity index (χ2n) is 7.67. The van der Waals surface area contributed by atoms with Crippen LogP contribution in [0.5, 0.6) is 0 Å². The first-order valence-electron chi connectivity index (χ1n) is 11.1. The van der Waals surface area contributed by atoms with Crippen molar-refractivity contribution in [2.45, 2.75) is 24.9 Å². The average molecular weight is 550 g/mol. The molecule has 0 radical (unpaired) electrons. The first kappa shape index (κ1) is 29.8. The zero-order valence-electron chi connectivity index (χ0n) is 20.0. The van der Waals surface area contributed by atoms with Crippen LogP contribution in [0.3, 0.4) is 0 Å². The van der Waals surface area contributed by atoms with Crippen molar-refractivity contribution < 1.29 is 40.7 Å². The number of nitrogens with one attached hydrogen (secondary N) is 2. The van der Waals surface area contributed by atoms with E-state index >= 15 is 0 Å². The van der Waals surface area contributed by atoms with Crippen molar-refractivity contribution in [3.8, 4) is 0 Å². The lowest BCUT2D eigenvalue weighted by molar-refractivity contribution is -0.192. The van der Waals surface area contributed by atoms with Crippen molar-refractivity contribution in [2.24, 2.45) is 0 Å². The summed E-state index contributed by atoms with van der Waals surface area (Å²) in [6, 6.07) is 6.04. The Balaban J connectivity index is 0.000000604. The summed E-state index contributed by atoms with van der Waals surface area (Å²) in [7, 11) is -3.95. The molecule has 0 spiro atoms. The third-order valence-corrected chi connectivity index (χ3v) is 6.58. The van der Waals surface area contributed by atoms with Crippen LogP contribution < -0.4 is 14.9 Å². The Kier molecular flexibility index (Phi) is 10.2. The third kappa shape index (κ3) is 8.28. The van der Waals surface area contributed by atoms with Crippen LogP contribution in [0.4, 0.5) is 29.1 Å². The number of aliphatic carboxylic acids is 1. The molecule has 1 aliphatic heterocycles. The maximum absolute atomic E-state index is 13.1. The van der Waals surface area contributed by atoms with Gasteiger partial charge in [-0.25, -0.2) is 22.6 Å². The number of sulfonamides is 1. The SMILES string of the molecule is CCN(CC)C(=O)c1cc(NS(=O)(=O)c2ccc(F)cc2)cnc1N1CCNCC1.O=C(O)C(F)(F)F. The van der Waals surface area contributed by atoms with E-state index in [1.807, 2.05) is 18.7 Å². The number of carboxylic acid groups (broad SMARTS) is 1. The number of amides is 1. The van der Waals surface area contributed by atoms with Gasteiger partial charge in [-0.05, 0) is 44.2 Å². The number of aromatic nitrogens is 1. The van der Waals surface area contributed by atoms with Gasteiger partial charge in [0.05, 0.1) is 22.3 Å². The van der Waals surface area contributed by atoms with E-state index in [-0.39, 0.29) is 16.5 Å². The molecule has 204 valence electrons. The molecule has 3 rings (SSSR count). The van der Waals surface area contributed by atoms with Gasteiger partial charge in [-0.3, -0.25) is 9.52 Å². The summed E-state index contributed by atoms with van der Waals surface area (Å²) in [5.41, 5.74) is 0.522. The van der Waals surface area contributed by atoms with Gasteiger partial charge in [0.15, 0.2) is 0 Å². The zero-order chi connectivity index (χ0) is 27.8. The normalized spacial score (nSPS) is 13.8. The van der Waals surface area contributed by atoms with Crippen LogP contribution >= 0.6 is 0 Å². The van der Waals surface area contributed by atoms with Crippen LogP contribution in [-0.2, 0) is 14.8 Å². The van der Waals surface area contributed by atoms with Crippen LogP contribution in [0.15, 0.2) is 41.4 Å². The number of alkyl halides is 3. The van der Waals surface area contributed by atoms with E-state index in [1.165, 1.54) is 24.4 Å². The van der Waals surface area contributed by atoms with Crippen LogP contribution in [0.25, 0.3) is 0 Å². The van der Waals surface area contributed by atoms with E-state index in [2.05, 4.69) is 15.0 Å². The van der Waals surface area contributed by atoms with E-state index in [9.17, 15) is 30.8 Å². The van der Waals surface area contributed by atoms with Gasteiger partial charge in [-0.1, -0.05) is 0 Å². The van der Waals surface area contributed by atoms with E-state index in [0.717, 1.165) is 25.2 Å². The highest BCUT2D eigenvalue weighted by Crippen LogP contribution is 2.25. The molecule has 10 nitrogen and oxygen atoms in total. The van der Waals surface area contributed by atoms with Crippen molar-refractivity contribution in [3.05, 3.63) is 47.9 Å². The maximum atomic E-state index is 13.1. The molecule has 0 bridgehead atoms. The fourth-order valence-electron chi connectivity index (χ4n) is 3.31. The zero-order valence-corrected chi connectivity index (χ0v) is 20.9. The second kappa shape index (κ2) is 12.7. The summed E-state index contributed by atoms with van der Waals surface area (Å²) in [6.07, 6.45) is -3.68. The summed E-state index contributed by atoms with van der Waals surface area (Å²) in [5.74, 6) is -2.95. The van der Waals surface area contributed by atoms with Crippen LogP contribution in [0.1, 0.15) is 24.2 Å². The predicted octanol–water partition coefficient (Wildman–Crippen LogP) is 2.55. The highest BCUT2D eigenvalue weighted by molar-refractivity contribution is 7.92. The highest BCUT2D eigenvalue weighted by Gasteiger charge is 2.38. The molecule has 1 amide bonds. The highest BCUT2D eigenvalue weighted by atomic mass is 32.2. The molecule has 15 heteroatoms. The molecule has 1 aromatic heterocycles. The van der Waals surface area contributed by atoms with E-state index in [1.54, 1.807) is 4.90 Å².